The summed E-state index contributed by atoms with van der Waals surface area (Å²) in [4.78, 5) is 0. The third-order valence-corrected chi connectivity index (χ3v) is 2.54. The summed E-state index contributed by atoms with van der Waals surface area (Å²) in [6, 6.07) is 0. The summed E-state index contributed by atoms with van der Waals surface area (Å²) in [6.45, 7) is 0.877. The van der Waals surface area contributed by atoms with Crippen LogP contribution in [0.3, 0.4) is 0 Å². The zero-order valence-electron chi connectivity index (χ0n) is 6.18. The van der Waals surface area contributed by atoms with E-state index in [4.69, 9.17) is 4.74 Å². The van der Waals surface area contributed by atoms with Crippen LogP contribution in [0.2, 0.25) is 0 Å². The lowest BCUT2D eigenvalue weighted by atomic mass is 9.96. The fourth-order valence-electron chi connectivity index (χ4n) is 1.85. The van der Waals surface area contributed by atoms with Gasteiger partial charge in [0.15, 0.2) is 0 Å². The molecule has 1 saturated heterocycles. The van der Waals surface area contributed by atoms with Crippen LogP contribution in [0.5, 0.6) is 0 Å². The average molecular weight is 142 g/mol. The molecule has 10 heavy (non-hydrogen) atoms. The number of ether oxygens (including phenoxy) is 1. The predicted molar refractivity (Wildman–Crippen MR) is 37.8 cm³/mol. The maximum atomic E-state index is 9.82. The van der Waals surface area contributed by atoms with Crippen molar-refractivity contribution in [3.63, 3.8) is 0 Å². The highest BCUT2D eigenvalue weighted by atomic mass is 16.6. The van der Waals surface area contributed by atoms with Crippen LogP contribution in [0.25, 0.3) is 0 Å². The van der Waals surface area contributed by atoms with Gasteiger partial charge in [0.25, 0.3) is 0 Å². The smallest absolute Gasteiger partial charge is 0.0837 e. The van der Waals surface area contributed by atoms with Crippen molar-refractivity contribution in [3.05, 3.63) is 0 Å². The second-order valence-corrected chi connectivity index (χ2v) is 3.59. The molecule has 0 amide bonds. The summed E-state index contributed by atoms with van der Waals surface area (Å²) in [7, 11) is 0. The molecule has 58 valence electrons. The number of rotatable bonds is 2. The van der Waals surface area contributed by atoms with Crippen molar-refractivity contribution in [1.29, 1.82) is 0 Å². The zero-order chi connectivity index (χ0) is 7.03. The van der Waals surface area contributed by atoms with Crippen LogP contribution in [0, 0.1) is 0 Å². The summed E-state index contributed by atoms with van der Waals surface area (Å²) in [6.07, 6.45) is 5.65. The van der Waals surface area contributed by atoms with Crippen molar-refractivity contribution in [2.45, 2.75) is 43.8 Å². The van der Waals surface area contributed by atoms with E-state index in [1.165, 1.54) is 12.8 Å². The molecule has 0 aromatic carbocycles. The maximum Gasteiger partial charge on any atom is 0.0837 e. The third-order valence-electron chi connectivity index (χ3n) is 2.54. The molecule has 1 aliphatic carbocycles. The molecule has 1 aliphatic heterocycles. The lowest BCUT2D eigenvalue weighted by Crippen LogP contribution is -2.25. The topological polar surface area (TPSA) is 32.8 Å². The Balaban J connectivity index is 1.86. The first-order valence-corrected chi connectivity index (χ1v) is 4.13. The molecule has 1 N–H and O–H groups in total. The molecule has 2 rings (SSSR count). The molecule has 1 saturated carbocycles. The second kappa shape index (κ2) is 2.21. The average Bonchev–Trinajstić information content (AvgIpc) is 2.56. The van der Waals surface area contributed by atoms with Crippen LogP contribution in [0.15, 0.2) is 0 Å². The van der Waals surface area contributed by atoms with Crippen molar-refractivity contribution in [3.8, 4) is 0 Å². The summed E-state index contributed by atoms with van der Waals surface area (Å²) in [5.74, 6) is 0. The minimum atomic E-state index is -0.346. The summed E-state index contributed by atoms with van der Waals surface area (Å²) < 4.78 is 5.08. The SMILES string of the molecule is OC1(C[C@@H]2CO2)CCCC1. The summed E-state index contributed by atoms with van der Waals surface area (Å²) in [5, 5.41) is 9.82. The van der Waals surface area contributed by atoms with Crippen LogP contribution >= 0.6 is 0 Å². The third kappa shape index (κ3) is 1.32. The molecule has 1 heterocycles. The first-order valence-electron chi connectivity index (χ1n) is 4.13. The molecule has 1 atom stereocenters. The van der Waals surface area contributed by atoms with E-state index in [-0.39, 0.29) is 5.60 Å². The highest BCUT2D eigenvalue weighted by molar-refractivity contribution is 4.89. The Kier molecular flexibility index (Phi) is 1.46. The van der Waals surface area contributed by atoms with Crippen molar-refractivity contribution >= 4 is 0 Å². The second-order valence-electron chi connectivity index (χ2n) is 3.59. The predicted octanol–water partition coefficient (Wildman–Crippen LogP) is 1.08. The van der Waals surface area contributed by atoms with Gasteiger partial charge in [-0.3, -0.25) is 0 Å². The van der Waals surface area contributed by atoms with Gasteiger partial charge in [-0.05, 0) is 12.8 Å². The van der Waals surface area contributed by atoms with E-state index in [0.717, 1.165) is 25.9 Å². The van der Waals surface area contributed by atoms with Gasteiger partial charge in [-0.15, -0.1) is 0 Å². The van der Waals surface area contributed by atoms with Crippen molar-refractivity contribution in [1.82, 2.24) is 0 Å². The number of hydrogen-bond donors (Lipinski definition) is 1. The van der Waals surface area contributed by atoms with Crippen molar-refractivity contribution < 1.29 is 9.84 Å². The first kappa shape index (κ1) is 6.62. The molecule has 2 nitrogen and oxygen atoms in total. The van der Waals surface area contributed by atoms with Gasteiger partial charge in [0.05, 0.1) is 18.3 Å². The summed E-state index contributed by atoms with van der Waals surface area (Å²) >= 11 is 0. The molecular weight excluding hydrogens is 128 g/mol. The highest BCUT2D eigenvalue weighted by Crippen LogP contribution is 2.36. The molecule has 2 aliphatic rings. The van der Waals surface area contributed by atoms with Gasteiger partial charge in [0.1, 0.15) is 0 Å². The van der Waals surface area contributed by atoms with E-state index >= 15 is 0 Å². The minimum absolute atomic E-state index is 0.346. The van der Waals surface area contributed by atoms with E-state index < -0.39 is 0 Å². The standard InChI is InChI=1S/C8H14O2/c9-8(3-1-2-4-8)5-7-6-10-7/h7,9H,1-6H2/t7-/m1/s1. The van der Waals surface area contributed by atoms with E-state index in [9.17, 15) is 5.11 Å². The van der Waals surface area contributed by atoms with E-state index in [1.54, 1.807) is 0 Å². The molecule has 0 aromatic rings. The number of aliphatic hydroxyl groups is 1. The Morgan fingerprint density at radius 1 is 1.40 bits per heavy atom. The van der Waals surface area contributed by atoms with E-state index in [1.807, 2.05) is 0 Å². The lowest BCUT2D eigenvalue weighted by Gasteiger charge is -2.20. The number of hydrogen-bond acceptors (Lipinski definition) is 2. The quantitative estimate of drug-likeness (QED) is 0.585. The van der Waals surface area contributed by atoms with Crippen molar-refractivity contribution in [2.24, 2.45) is 0 Å². The molecule has 2 fully saturated rings. The van der Waals surface area contributed by atoms with Crippen LogP contribution in [-0.4, -0.2) is 23.4 Å². The van der Waals surface area contributed by atoms with Crippen LogP contribution in [0.4, 0.5) is 0 Å². The zero-order valence-corrected chi connectivity index (χ0v) is 6.18. The Morgan fingerprint density at radius 3 is 2.50 bits per heavy atom. The highest BCUT2D eigenvalue weighted by Gasteiger charge is 2.38. The molecule has 2 heteroatoms. The van der Waals surface area contributed by atoms with Gasteiger partial charge in [-0.25, -0.2) is 0 Å². The van der Waals surface area contributed by atoms with Gasteiger partial charge in [-0.1, -0.05) is 12.8 Å². The Morgan fingerprint density at radius 2 is 2.00 bits per heavy atom. The molecule has 0 spiro atoms. The lowest BCUT2D eigenvalue weighted by molar-refractivity contribution is 0.0314. The molecule has 0 aromatic heterocycles. The molecule has 0 bridgehead atoms. The largest absolute Gasteiger partial charge is 0.390 e. The van der Waals surface area contributed by atoms with Gasteiger partial charge in [0.2, 0.25) is 0 Å². The fraction of sp³-hybridized carbons (Fsp3) is 1.00. The van der Waals surface area contributed by atoms with Gasteiger partial charge in [-0.2, -0.15) is 0 Å². The van der Waals surface area contributed by atoms with E-state index in [0.29, 0.717) is 6.10 Å². The van der Waals surface area contributed by atoms with E-state index in [2.05, 4.69) is 0 Å². The Bertz CT molecular complexity index is 123. The van der Waals surface area contributed by atoms with Gasteiger partial charge >= 0.3 is 0 Å². The molecule has 0 unspecified atom stereocenters. The monoisotopic (exact) mass is 142 g/mol. The van der Waals surface area contributed by atoms with Crippen LogP contribution in [-0.2, 0) is 4.74 Å². The van der Waals surface area contributed by atoms with Gasteiger partial charge in [0, 0.05) is 6.42 Å². The Hall–Kier alpha value is -0.0800. The normalized spacial score (nSPS) is 36.3. The van der Waals surface area contributed by atoms with Crippen LogP contribution in [0.1, 0.15) is 32.1 Å². The first-order chi connectivity index (χ1) is 4.79. The van der Waals surface area contributed by atoms with Crippen molar-refractivity contribution in [2.75, 3.05) is 6.61 Å². The fourth-order valence-corrected chi connectivity index (χ4v) is 1.85. The van der Waals surface area contributed by atoms with Crippen LogP contribution < -0.4 is 0 Å². The minimum Gasteiger partial charge on any atom is -0.390 e. The Labute approximate surface area is 61.2 Å². The summed E-state index contributed by atoms with van der Waals surface area (Å²) in [5.41, 5.74) is -0.346. The maximum absolute atomic E-state index is 9.82. The van der Waals surface area contributed by atoms with Gasteiger partial charge < -0.3 is 9.84 Å². The molecule has 0 radical (unpaired) electrons. The molecular formula is C8H14O2. The number of epoxide rings is 1.